The molecule has 0 spiro atoms. The maximum atomic E-state index is 12.0. The molecule has 0 saturated carbocycles. The lowest BCUT2D eigenvalue weighted by molar-refractivity contribution is 0.0891. The van der Waals surface area contributed by atoms with Crippen molar-refractivity contribution in [2.24, 2.45) is 5.14 Å². The van der Waals surface area contributed by atoms with Gasteiger partial charge in [0.25, 0.3) is 12.3 Å². The van der Waals surface area contributed by atoms with E-state index in [1.807, 2.05) is 5.32 Å². The van der Waals surface area contributed by atoms with Gasteiger partial charge in [-0.3, -0.25) is 4.79 Å². The number of hydrogen-bond acceptors (Lipinski definition) is 3. The number of amides is 1. The fraction of sp³-hybridized carbons (Fsp3) is 0.222. The Labute approximate surface area is 121 Å². The van der Waals surface area contributed by atoms with Crippen LogP contribution in [0, 0.1) is 0 Å². The van der Waals surface area contributed by atoms with Crippen LogP contribution in [0.2, 0.25) is 5.02 Å². The lowest BCUT2D eigenvalue weighted by Gasteiger charge is -2.09. The average molecular weight is 378 g/mol. The first-order valence-electron chi connectivity index (χ1n) is 4.71. The summed E-state index contributed by atoms with van der Waals surface area (Å²) in [5.41, 5.74) is -0.263. The molecule has 106 valence electrons. The third-order valence-corrected chi connectivity index (χ3v) is 4.15. The quantitative estimate of drug-likeness (QED) is 0.837. The molecule has 0 fully saturated rings. The van der Waals surface area contributed by atoms with Gasteiger partial charge in [-0.15, -0.1) is 0 Å². The molecule has 0 aliphatic rings. The van der Waals surface area contributed by atoms with Gasteiger partial charge >= 0.3 is 0 Å². The standard InChI is InChI=1S/C9H8BrClF2N2O3S/c10-6-2-4(19(14,17)18)1-5(8(6)11)9(16)15-3-7(12)13/h1-2,7H,3H2,(H,15,16)(H2,14,17,18). The molecule has 1 aromatic carbocycles. The molecule has 3 N–H and O–H groups in total. The minimum atomic E-state index is -4.05. The zero-order valence-electron chi connectivity index (χ0n) is 9.16. The van der Waals surface area contributed by atoms with E-state index in [2.05, 4.69) is 15.9 Å². The van der Waals surface area contributed by atoms with E-state index in [1.165, 1.54) is 0 Å². The lowest BCUT2D eigenvalue weighted by Crippen LogP contribution is -2.29. The normalized spacial score (nSPS) is 11.7. The summed E-state index contributed by atoms with van der Waals surface area (Å²) in [6.07, 6.45) is -2.73. The van der Waals surface area contributed by atoms with Crippen molar-refractivity contribution in [2.45, 2.75) is 11.3 Å². The SMILES string of the molecule is NS(=O)(=O)c1cc(Br)c(Cl)c(C(=O)NCC(F)F)c1. The monoisotopic (exact) mass is 376 g/mol. The van der Waals surface area contributed by atoms with Gasteiger partial charge in [0, 0.05) is 4.47 Å². The fourth-order valence-corrected chi connectivity index (χ4v) is 2.53. The third-order valence-electron chi connectivity index (χ3n) is 1.99. The Morgan fingerprint density at radius 3 is 2.53 bits per heavy atom. The minimum absolute atomic E-state index is 0.0980. The molecule has 0 radical (unpaired) electrons. The van der Waals surface area contributed by atoms with Crippen LogP contribution >= 0.6 is 27.5 Å². The van der Waals surface area contributed by atoms with Gasteiger partial charge in [0.05, 0.1) is 22.0 Å². The third kappa shape index (κ3) is 4.37. The van der Waals surface area contributed by atoms with Crippen molar-refractivity contribution in [1.82, 2.24) is 5.32 Å². The number of carbonyl (C=O) groups is 1. The first-order chi connectivity index (χ1) is 8.62. The highest BCUT2D eigenvalue weighted by atomic mass is 79.9. The maximum absolute atomic E-state index is 12.0. The highest BCUT2D eigenvalue weighted by Gasteiger charge is 2.19. The lowest BCUT2D eigenvalue weighted by atomic mass is 10.2. The van der Waals surface area contributed by atoms with Gasteiger partial charge in [-0.2, -0.15) is 0 Å². The van der Waals surface area contributed by atoms with E-state index in [1.54, 1.807) is 0 Å². The average Bonchev–Trinajstić information content (AvgIpc) is 2.27. The second kappa shape index (κ2) is 6.12. The number of alkyl halides is 2. The number of primary sulfonamides is 1. The van der Waals surface area contributed by atoms with E-state index in [-0.39, 0.29) is 20.0 Å². The summed E-state index contributed by atoms with van der Waals surface area (Å²) in [6, 6.07) is 2.03. The highest BCUT2D eigenvalue weighted by molar-refractivity contribution is 9.10. The van der Waals surface area contributed by atoms with E-state index in [0.717, 1.165) is 12.1 Å². The predicted molar refractivity (Wildman–Crippen MR) is 68.9 cm³/mol. The Kier molecular flexibility index (Phi) is 5.25. The number of benzene rings is 1. The van der Waals surface area contributed by atoms with Crippen molar-refractivity contribution in [2.75, 3.05) is 6.54 Å². The van der Waals surface area contributed by atoms with E-state index < -0.39 is 28.9 Å². The molecule has 0 aliphatic carbocycles. The smallest absolute Gasteiger partial charge is 0.255 e. The van der Waals surface area contributed by atoms with E-state index in [9.17, 15) is 22.0 Å². The van der Waals surface area contributed by atoms with Crippen LogP contribution in [0.25, 0.3) is 0 Å². The van der Waals surface area contributed by atoms with Crippen LogP contribution in [0.5, 0.6) is 0 Å². The van der Waals surface area contributed by atoms with Gasteiger partial charge in [-0.25, -0.2) is 22.3 Å². The van der Waals surface area contributed by atoms with Crippen LogP contribution in [0.15, 0.2) is 21.5 Å². The van der Waals surface area contributed by atoms with E-state index in [0.29, 0.717) is 0 Å². The number of rotatable bonds is 4. The summed E-state index contributed by atoms with van der Waals surface area (Å²) in [6.45, 7) is -0.869. The van der Waals surface area contributed by atoms with Crippen LogP contribution in [0.3, 0.4) is 0 Å². The molecule has 0 heterocycles. The molecule has 1 amide bonds. The molecule has 0 bridgehead atoms. The summed E-state index contributed by atoms with van der Waals surface area (Å²) < 4.78 is 46.5. The van der Waals surface area contributed by atoms with Crippen LogP contribution < -0.4 is 10.5 Å². The zero-order chi connectivity index (χ0) is 14.8. The minimum Gasteiger partial charge on any atom is -0.346 e. The zero-order valence-corrected chi connectivity index (χ0v) is 12.3. The van der Waals surface area contributed by atoms with Gasteiger partial charge < -0.3 is 5.32 Å². The Balaban J connectivity index is 3.20. The number of nitrogens with one attached hydrogen (secondary N) is 1. The summed E-state index contributed by atoms with van der Waals surface area (Å²) in [5, 5.41) is 6.74. The van der Waals surface area contributed by atoms with Crippen molar-refractivity contribution in [3.05, 3.63) is 27.2 Å². The molecule has 19 heavy (non-hydrogen) atoms. The van der Waals surface area contributed by atoms with Crippen molar-refractivity contribution in [3.63, 3.8) is 0 Å². The van der Waals surface area contributed by atoms with Crippen molar-refractivity contribution < 1.29 is 22.0 Å². The van der Waals surface area contributed by atoms with Crippen LogP contribution in [-0.2, 0) is 10.0 Å². The molecule has 10 heteroatoms. The fourth-order valence-electron chi connectivity index (χ4n) is 1.16. The van der Waals surface area contributed by atoms with Gasteiger partial charge in [-0.1, -0.05) is 11.6 Å². The van der Waals surface area contributed by atoms with Crippen LogP contribution in [-0.4, -0.2) is 27.3 Å². The topological polar surface area (TPSA) is 89.3 Å². The summed E-state index contributed by atoms with van der Waals surface area (Å²) in [5.74, 6) is -0.920. The molecule has 1 rings (SSSR count). The van der Waals surface area contributed by atoms with Gasteiger partial charge in [0.2, 0.25) is 10.0 Å². The molecular formula is C9H8BrClF2N2O3S. The van der Waals surface area contributed by atoms with Gasteiger partial charge in [0.15, 0.2) is 0 Å². The molecule has 0 aliphatic heterocycles. The first-order valence-corrected chi connectivity index (χ1v) is 7.43. The van der Waals surface area contributed by atoms with E-state index >= 15 is 0 Å². The van der Waals surface area contributed by atoms with E-state index in [4.69, 9.17) is 16.7 Å². The largest absolute Gasteiger partial charge is 0.346 e. The number of halogens is 4. The van der Waals surface area contributed by atoms with Crippen LogP contribution in [0.1, 0.15) is 10.4 Å². The summed E-state index contributed by atoms with van der Waals surface area (Å²) in [7, 11) is -4.05. The van der Waals surface area contributed by atoms with Gasteiger partial charge in [0.1, 0.15) is 0 Å². The highest BCUT2D eigenvalue weighted by Crippen LogP contribution is 2.29. The second-order valence-corrected chi connectivity index (χ2v) is 6.21. The molecule has 1 aromatic rings. The number of hydrogen-bond donors (Lipinski definition) is 2. The van der Waals surface area contributed by atoms with Crippen molar-refractivity contribution in [3.8, 4) is 0 Å². The maximum Gasteiger partial charge on any atom is 0.255 e. The Bertz CT molecular complexity index is 610. The summed E-state index contributed by atoms with van der Waals surface area (Å²) in [4.78, 5) is 11.3. The Morgan fingerprint density at radius 1 is 1.47 bits per heavy atom. The molecule has 0 atom stereocenters. The molecular weight excluding hydrogens is 370 g/mol. The Hall–Kier alpha value is -0.770. The van der Waals surface area contributed by atoms with Crippen LogP contribution in [0.4, 0.5) is 8.78 Å². The van der Waals surface area contributed by atoms with Crippen molar-refractivity contribution in [1.29, 1.82) is 0 Å². The molecule has 0 saturated heterocycles. The number of nitrogens with two attached hydrogens (primary N) is 1. The second-order valence-electron chi connectivity index (χ2n) is 3.41. The molecule has 5 nitrogen and oxygen atoms in total. The van der Waals surface area contributed by atoms with Gasteiger partial charge in [-0.05, 0) is 28.1 Å². The molecule has 0 aromatic heterocycles. The van der Waals surface area contributed by atoms with Crippen molar-refractivity contribution >= 4 is 43.5 Å². The number of carbonyl (C=O) groups excluding carboxylic acids is 1. The summed E-state index contributed by atoms with van der Waals surface area (Å²) >= 11 is 8.75. The Morgan fingerprint density at radius 2 is 2.05 bits per heavy atom. The molecule has 0 unspecified atom stereocenters. The first kappa shape index (κ1) is 16.3. The number of sulfonamides is 1. The predicted octanol–water partition coefficient (Wildman–Crippen LogP) is 1.74.